The van der Waals surface area contributed by atoms with Gasteiger partial charge in [-0.2, -0.15) is 5.10 Å². The molecule has 24 heavy (non-hydrogen) atoms. The monoisotopic (exact) mass is 331 g/mol. The van der Waals surface area contributed by atoms with Crippen LogP contribution in [0.5, 0.6) is 0 Å². The van der Waals surface area contributed by atoms with Crippen molar-refractivity contribution in [1.82, 2.24) is 15.1 Å². The van der Waals surface area contributed by atoms with E-state index in [0.29, 0.717) is 25.1 Å². The summed E-state index contributed by atoms with van der Waals surface area (Å²) in [6.45, 7) is 0.309. The number of nitrogens with zero attached hydrogens (tertiary/aromatic N) is 2. The Labute approximate surface area is 140 Å². The van der Waals surface area contributed by atoms with E-state index in [1.807, 2.05) is 0 Å². The van der Waals surface area contributed by atoms with Crippen molar-refractivity contribution in [1.29, 1.82) is 0 Å². The summed E-state index contributed by atoms with van der Waals surface area (Å²) in [5, 5.41) is 17.6. The molecule has 0 aliphatic heterocycles. The van der Waals surface area contributed by atoms with Crippen molar-refractivity contribution >= 4 is 5.91 Å². The fourth-order valence-corrected chi connectivity index (χ4v) is 3.13. The van der Waals surface area contributed by atoms with Gasteiger partial charge in [0.25, 0.3) is 0 Å². The molecule has 0 saturated heterocycles. The molecule has 6 heteroatoms. The van der Waals surface area contributed by atoms with Gasteiger partial charge in [0.1, 0.15) is 5.82 Å². The highest BCUT2D eigenvalue weighted by Crippen LogP contribution is 2.30. The zero-order valence-corrected chi connectivity index (χ0v) is 13.5. The summed E-state index contributed by atoms with van der Waals surface area (Å²) >= 11 is 0. The maximum atomic E-state index is 12.9. The lowest BCUT2D eigenvalue weighted by Gasteiger charge is -2.31. The Balaban J connectivity index is 1.53. The first kappa shape index (κ1) is 16.6. The van der Waals surface area contributed by atoms with Crippen LogP contribution in [0.25, 0.3) is 5.69 Å². The molecular formula is C18H22FN3O2. The number of hydrogen-bond donors (Lipinski definition) is 2. The zero-order valence-electron chi connectivity index (χ0n) is 13.5. The van der Waals surface area contributed by atoms with Gasteiger partial charge in [-0.15, -0.1) is 0 Å². The van der Waals surface area contributed by atoms with Gasteiger partial charge in [0, 0.05) is 6.20 Å². The van der Waals surface area contributed by atoms with E-state index in [4.69, 9.17) is 0 Å². The average Bonchev–Trinajstić information content (AvgIpc) is 3.03. The smallest absolute Gasteiger partial charge is 0.223 e. The highest BCUT2D eigenvalue weighted by atomic mass is 19.1. The molecule has 0 unspecified atom stereocenters. The number of benzene rings is 1. The predicted octanol–water partition coefficient (Wildman–Crippen LogP) is 2.71. The highest BCUT2D eigenvalue weighted by Gasteiger charge is 2.31. The maximum Gasteiger partial charge on any atom is 0.223 e. The fourth-order valence-electron chi connectivity index (χ4n) is 3.13. The molecule has 2 N–H and O–H groups in total. The Morgan fingerprint density at radius 2 is 1.92 bits per heavy atom. The highest BCUT2D eigenvalue weighted by molar-refractivity contribution is 5.76. The molecule has 1 amide bonds. The van der Waals surface area contributed by atoms with Crippen molar-refractivity contribution in [3.63, 3.8) is 0 Å². The second kappa shape index (κ2) is 7.13. The van der Waals surface area contributed by atoms with Crippen LogP contribution in [0.4, 0.5) is 4.39 Å². The quantitative estimate of drug-likeness (QED) is 0.885. The van der Waals surface area contributed by atoms with E-state index in [2.05, 4.69) is 10.4 Å². The Morgan fingerprint density at radius 1 is 1.21 bits per heavy atom. The first-order valence-electron chi connectivity index (χ1n) is 8.34. The van der Waals surface area contributed by atoms with E-state index in [1.165, 1.54) is 12.1 Å². The van der Waals surface area contributed by atoms with Crippen LogP contribution in [0.2, 0.25) is 0 Å². The minimum Gasteiger partial charge on any atom is -0.389 e. The van der Waals surface area contributed by atoms with E-state index in [-0.39, 0.29) is 18.1 Å². The molecule has 5 nitrogen and oxygen atoms in total. The van der Waals surface area contributed by atoms with Gasteiger partial charge in [-0.25, -0.2) is 9.07 Å². The molecule has 1 saturated carbocycles. The van der Waals surface area contributed by atoms with Gasteiger partial charge in [0.05, 0.1) is 29.9 Å². The van der Waals surface area contributed by atoms with Crippen molar-refractivity contribution < 1.29 is 14.3 Å². The van der Waals surface area contributed by atoms with Crippen LogP contribution in [0.15, 0.2) is 36.5 Å². The van der Waals surface area contributed by atoms with Gasteiger partial charge in [0.2, 0.25) is 5.91 Å². The van der Waals surface area contributed by atoms with Gasteiger partial charge >= 0.3 is 0 Å². The van der Waals surface area contributed by atoms with E-state index >= 15 is 0 Å². The minimum absolute atomic E-state index is 0.145. The zero-order chi connectivity index (χ0) is 17.0. The lowest BCUT2D eigenvalue weighted by Crippen LogP contribution is -2.38. The number of halogens is 1. The van der Waals surface area contributed by atoms with Gasteiger partial charge in [-0.05, 0) is 43.2 Å². The molecule has 0 atom stereocenters. The van der Waals surface area contributed by atoms with Gasteiger partial charge in [-0.1, -0.05) is 19.3 Å². The number of amides is 1. The average molecular weight is 331 g/mol. The second-order valence-electron chi connectivity index (χ2n) is 6.47. The Bertz CT molecular complexity index is 691. The molecule has 128 valence electrons. The molecule has 1 aliphatic carbocycles. The summed E-state index contributed by atoms with van der Waals surface area (Å²) in [5.41, 5.74) is 0.615. The number of carbonyl (C=O) groups excluding carboxylic acids is 1. The molecule has 0 bridgehead atoms. The standard InChI is InChI=1S/C18H22FN3O2/c19-14-4-6-16(7-5-14)22-11-8-15(21-22)13-20-17(23)12-18(24)9-2-1-3-10-18/h4-8,11,24H,1-3,9-10,12-13H2,(H,20,23). The minimum atomic E-state index is -0.851. The molecule has 1 fully saturated rings. The number of nitrogens with one attached hydrogen (secondary N) is 1. The van der Waals surface area contributed by atoms with E-state index in [1.54, 1.807) is 29.1 Å². The summed E-state index contributed by atoms with van der Waals surface area (Å²) in [7, 11) is 0. The first-order chi connectivity index (χ1) is 11.5. The van der Waals surface area contributed by atoms with Crippen LogP contribution in [0.3, 0.4) is 0 Å². The molecule has 1 heterocycles. The van der Waals surface area contributed by atoms with Gasteiger partial charge in [0.15, 0.2) is 0 Å². The van der Waals surface area contributed by atoms with Gasteiger partial charge in [-0.3, -0.25) is 4.79 Å². The van der Waals surface area contributed by atoms with Crippen molar-refractivity contribution in [2.24, 2.45) is 0 Å². The van der Waals surface area contributed by atoms with E-state index in [0.717, 1.165) is 24.9 Å². The third-order valence-corrected chi connectivity index (χ3v) is 4.48. The van der Waals surface area contributed by atoms with Gasteiger partial charge < -0.3 is 10.4 Å². The number of carbonyl (C=O) groups is 1. The van der Waals surface area contributed by atoms with E-state index in [9.17, 15) is 14.3 Å². The SMILES string of the molecule is O=C(CC1(O)CCCCC1)NCc1ccn(-c2ccc(F)cc2)n1. The third kappa shape index (κ3) is 4.20. The normalized spacial score (nSPS) is 16.8. The predicted molar refractivity (Wildman–Crippen MR) is 88.0 cm³/mol. The van der Waals surface area contributed by atoms with Crippen molar-refractivity contribution in [2.45, 2.75) is 50.7 Å². The van der Waals surface area contributed by atoms with Crippen molar-refractivity contribution in [2.75, 3.05) is 0 Å². The number of aromatic nitrogens is 2. The lowest BCUT2D eigenvalue weighted by molar-refractivity contribution is -0.127. The van der Waals surface area contributed by atoms with Crippen LogP contribution in [0, 0.1) is 5.82 Å². The lowest BCUT2D eigenvalue weighted by atomic mass is 9.82. The summed E-state index contributed by atoms with van der Waals surface area (Å²) in [6.07, 6.45) is 6.39. The van der Waals surface area contributed by atoms with E-state index < -0.39 is 5.60 Å². The molecule has 1 aromatic heterocycles. The largest absolute Gasteiger partial charge is 0.389 e. The van der Waals surface area contributed by atoms with Crippen LogP contribution >= 0.6 is 0 Å². The molecule has 1 aromatic carbocycles. The molecular weight excluding hydrogens is 309 g/mol. The summed E-state index contributed by atoms with van der Waals surface area (Å²) < 4.78 is 14.6. The summed E-state index contributed by atoms with van der Waals surface area (Å²) in [4.78, 5) is 12.1. The Kier molecular flexibility index (Phi) is 4.94. The van der Waals surface area contributed by atoms with Crippen molar-refractivity contribution in [3.05, 3.63) is 48.0 Å². The van der Waals surface area contributed by atoms with Crippen molar-refractivity contribution in [3.8, 4) is 5.69 Å². The molecule has 0 spiro atoms. The summed E-state index contributed by atoms with van der Waals surface area (Å²) in [6, 6.07) is 7.85. The Morgan fingerprint density at radius 3 is 2.62 bits per heavy atom. The third-order valence-electron chi connectivity index (χ3n) is 4.48. The topological polar surface area (TPSA) is 67.2 Å². The van der Waals surface area contributed by atoms with Crippen LogP contribution < -0.4 is 5.32 Å². The summed E-state index contributed by atoms with van der Waals surface area (Å²) in [5.74, 6) is -0.449. The fraction of sp³-hybridized carbons (Fsp3) is 0.444. The molecule has 3 rings (SSSR count). The number of aliphatic hydroxyl groups is 1. The molecule has 1 aliphatic rings. The van der Waals surface area contributed by atoms with Crippen LogP contribution in [-0.2, 0) is 11.3 Å². The number of hydrogen-bond acceptors (Lipinski definition) is 3. The first-order valence-corrected chi connectivity index (χ1v) is 8.34. The number of rotatable bonds is 5. The van der Waals surface area contributed by atoms with Crippen LogP contribution in [0.1, 0.15) is 44.2 Å². The molecule has 2 aromatic rings. The molecule has 0 radical (unpaired) electrons. The second-order valence-corrected chi connectivity index (χ2v) is 6.47. The Hall–Kier alpha value is -2.21. The maximum absolute atomic E-state index is 12.9. The van der Waals surface area contributed by atoms with Crippen LogP contribution in [-0.4, -0.2) is 26.4 Å².